The Morgan fingerprint density at radius 3 is 2.70 bits per heavy atom. The lowest BCUT2D eigenvalue weighted by atomic mass is 10.1. The third-order valence-corrected chi connectivity index (χ3v) is 6.62. The molecular formula is C14H18N2O2S2. The Labute approximate surface area is 124 Å². The fourth-order valence-electron chi connectivity index (χ4n) is 2.52. The Hall–Kier alpha value is -1.03. The molecule has 20 heavy (non-hydrogen) atoms. The van der Waals surface area contributed by atoms with Crippen molar-refractivity contribution in [3.05, 3.63) is 29.8 Å². The summed E-state index contributed by atoms with van der Waals surface area (Å²) in [6, 6.07) is 8.07. The van der Waals surface area contributed by atoms with Crippen LogP contribution in [-0.4, -0.2) is 26.0 Å². The van der Waals surface area contributed by atoms with Gasteiger partial charge in [0.2, 0.25) is 10.0 Å². The SMILES string of the molecule is CSC1(CNS(=O)(=O)c2cccc(C#N)c2)CCCC1. The summed E-state index contributed by atoms with van der Waals surface area (Å²) in [5.74, 6) is 0. The van der Waals surface area contributed by atoms with Crippen molar-refractivity contribution in [2.24, 2.45) is 0 Å². The molecule has 1 aromatic carbocycles. The summed E-state index contributed by atoms with van der Waals surface area (Å²) < 4.78 is 27.3. The molecular weight excluding hydrogens is 292 g/mol. The number of nitrogens with zero attached hydrogens (tertiary/aromatic N) is 1. The summed E-state index contributed by atoms with van der Waals surface area (Å²) in [4.78, 5) is 0.158. The highest BCUT2D eigenvalue weighted by atomic mass is 32.2. The first kappa shape index (κ1) is 15.4. The maximum atomic E-state index is 12.3. The van der Waals surface area contributed by atoms with Crippen molar-refractivity contribution in [2.75, 3.05) is 12.8 Å². The number of benzene rings is 1. The summed E-state index contributed by atoms with van der Waals surface area (Å²) in [5, 5.41) is 8.84. The standard InChI is InChI=1S/C14H18N2O2S2/c1-19-14(7-2-3-8-14)11-16-20(17,18)13-6-4-5-12(9-13)10-15/h4-6,9,16H,2-3,7-8,11H2,1H3. The second-order valence-corrected chi connectivity index (χ2v) is 8.10. The fraction of sp³-hybridized carbons (Fsp3) is 0.500. The van der Waals surface area contributed by atoms with E-state index in [0.717, 1.165) is 25.7 Å². The van der Waals surface area contributed by atoms with Crippen molar-refractivity contribution >= 4 is 21.8 Å². The van der Waals surface area contributed by atoms with Crippen LogP contribution in [0.25, 0.3) is 0 Å². The third-order valence-electron chi connectivity index (χ3n) is 3.81. The van der Waals surface area contributed by atoms with Crippen LogP contribution in [-0.2, 0) is 10.0 Å². The Morgan fingerprint density at radius 1 is 1.40 bits per heavy atom. The van der Waals surface area contributed by atoms with Crippen LogP contribution in [0.2, 0.25) is 0 Å². The van der Waals surface area contributed by atoms with Crippen molar-refractivity contribution in [1.29, 1.82) is 5.26 Å². The second-order valence-electron chi connectivity index (χ2n) is 5.06. The molecule has 0 saturated heterocycles. The van der Waals surface area contributed by atoms with Gasteiger partial charge in [-0.15, -0.1) is 0 Å². The largest absolute Gasteiger partial charge is 0.240 e. The number of thioether (sulfide) groups is 1. The van der Waals surface area contributed by atoms with Crippen molar-refractivity contribution in [1.82, 2.24) is 4.72 Å². The van der Waals surface area contributed by atoms with E-state index in [-0.39, 0.29) is 9.64 Å². The number of nitrogens with one attached hydrogen (secondary N) is 1. The van der Waals surface area contributed by atoms with Crippen LogP contribution in [0.15, 0.2) is 29.2 Å². The van der Waals surface area contributed by atoms with Gasteiger partial charge in [-0.1, -0.05) is 18.9 Å². The predicted molar refractivity (Wildman–Crippen MR) is 81.1 cm³/mol. The summed E-state index contributed by atoms with van der Waals surface area (Å²) in [5.41, 5.74) is 0.355. The normalized spacial score (nSPS) is 17.8. The molecule has 1 aromatic rings. The van der Waals surface area contributed by atoms with E-state index in [4.69, 9.17) is 5.26 Å². The molecule has 0 bridgehead atoms. The van der Waals surface area contributed by atoms with Gasteiger partial charge in [-0.3, -0.25) is 0 Å². The van der Waals surface area contributed by atoms with Crippen molar-refractivity contribution in [3.63, 3.8) is 0 Å². The highest BCUT2D eigenvalue weighted by Gasteiger charge is 2.34. The molecule has 1 saturated carbocycles. The minimum absolute atomic E-state index is 0.0277. The minimum Gasteiger partial charge on any atom is -0.210 e. The Kier molecular flexibility index (Phi) is 4.74. The van der Waals surface area contributed by atoms with Crippen molar-refractivity contribution in [3.8, 4) is 6.07 Å². The van der Waals surface area contributed by atoms with Gasteiger partial charge in [0.25, 0.3) is 0 Å². The van der Waals surface area contributed by atoms with Gasteiger partial charge in [0.05, 0.1) is 16.5 Å². The third kappa shape index (κ3) is 3.35. The van der Waals surface area contributed by atoms with Crippen LogP contribution >= 0.6 is 11.8 Å². The topological polar surface area (TPSA) is 70.0 Å². The molecule has 1 N–H and O–H groups in total. The molecule has 1 aliphatic carbocycles. The summed E-state index contributed by atoms with van der Waals surface area (Å²) in [7, 11) is -3.54. The monoisotopic (exact) mass is 310 g/mol. The van der Waals surface area contributed by atoms with E-state index in [9.17, 15) is 8.42 Å². The lowest BCUT2D eigenvalue weighted by molar-refractivity contribution is 0.551. The highest BCUT2D eigenvalue weighted by molar-refractivity contribution is 8.00. The van der Waals surface area contributed by atoms with Gasteiger partial charge in [-0.2, -0.15) is 17.0 Å². The first-order valence-corrected chi connectivity index (χ1v) is 9.27. The summed E-state index contributed by atoms with van der Waals surface area (Å²) in [6.45, 7) is 0.452. The van der Waals surface area contributed by atoms with Crippen LogP contribution < -0.4 is 4.72 Å². The first-order chi connectivity index (χ1) is 9.51. The molecule has 0 spiro atoms. The molecule has 0 heterocycles. The lowest BCUT2D eigenvalue weighted by Crippen LogP contribution is -2.38. The van der Waals surface area contributed by atoms with Gasteiger partial charge in [-0.25, -0.2) is 13.1 Å². The molecule has 0 amide bonds. The van der Waals surface area contributed by atoms with Crippen LogP contribution in [0, 0.1) is 11.3 Å². The molecule has 6 heteroatoms. The van der Waals surface area contributed by atoms with Crippen molar-refractivity contribution in [2.45, 2.75) is 35.3 Å². The van der Waals surface area contributed by atoms with E-state index in [2.05, 4.69) is 4.72 Å². The molecule has 0 aromatic heterocycles. The number of hydrogen-bond donors (Lipinski definition) is 1. The fourth-order valence-corrected chi connectivity index (χ4v) is 4.69. The maximum Gasteiger partial charge on any atom is 0.240 e. The number of sulfonamides is 1. The molecule has 1 fully saturated rings. The second kappa shape index (κ2) is 6.17. The van der Waals surface area contributed by atoms with Gasteiger partial charge in [0.15, 0.2) is 0 Å². The van der Waals surface area contributed by atoms with Crippen LogP contribution in [0.1, 0.15) is 31.2 Å². The molecule has 0 atom stereocenters. The number of hydrogen-bond acceptors (Lipinski definition) is 4. The average molecular weight is 310 g/mol. The van der Waals surface area contributed by atoms with E-state index in [1.165, 1.54) is 12.1 Å². The quantitative estimate of drug-likeness (QED) is 0.907. The maximum absolute atomic E-state index is 12.3. The van der Waals surface area contributed by atoms with Gasteiger partial charge in [0.1, 0.15) is 0 Å². The molecule has 108 valence electrons. The van der Waals surface area contributed by atoms with Crippen LogP contribution in [0.3, 0.4) is 0 Å². The Bertz CT molecular complexity index is 614. The van der Waals surface area contributed by atoms with E-state index >= 15 is 0 Å². The Morgan fingerprint density at radius 2 is 2.10 bits per heavy atom. The highest BCUT2D eigenvalue weighted by Crippen LogP contribution is 2.39. The van der Waals surface area contributed by atoms with E-state index in [1.54, 1.807) is 23.9 Å². The summed E-state index contributed by atoms with van der Waals surface area (Å²) >= 11 is 1.74. The van der Waals surface area contributed by atoms with Gasteiger partial charge in [-0.05, 0) is 37.3 Å². The van der Waals surface area contributed by atoms with Crippen LogP contribution in [0.5, 0.6) is 0 Å². The van der Waals surface area contributed by atoms with Gasteiger partial charge in [0, 0.05) is 11.3 Å². The molecule has 0 aliphatic heterocycles. The van der Waals surface area contributed by atoms with Crippen LogP contribution in [0.4, 0.5) is 0 Å². The zero-order chi connectivity index (χ0) is 14.6. The number of rotatable bonds is 5. The average Bonchev–Trinajstić information content (AvgIpc) is 2.95. The summed E-state index contributed by atoms with van der Waals surface area (Å²) in [6.07, 6.45) is 6.46. The van der Waals surface area contributed by atoms with Gasteiger partial charge < -0.3 is 0 Å². The molecule has 0 unspecified atom stereocenters. The van der Waals surface area contributed by atoms with Crippen molar-refractivity contribution < 1.29 is 8.42 Å². The molecule has 0 radical (unpaired) electrons. The molecule has 4 nitrogen and oxygen atoms in total. The smallest absolute Gasteiger partial charge is 0.210 e. The van der Waals surface area contributed by atoms with E-state index in [0.29, 0.717) is 12.1 Å². The zero-order valence-corrected chi connectivity index (χ0v) is 13.1. The van der Waals surface area contributed by atoms with E-state index in [1.807, 2.05) is 12.3 Å². The minimum atomic E-state index is -3.54. The molecule has 2 rings (SSSR count). The zero-order valence-electron chi connectivity index (χ0n) is 11.4. The number of nitriles is 1. The molecule has 1 aliphatic rings. The predicted octanol–water partition coefficient (Wildman–Crippen LogP) is 2.51. The van der Waals surface area contributed by atoms with E-state index < -0.39 is 10.0 Å². The lowest BCUT2D eigenvalue weighted by Gasteiger charge is -2.26. The van der Waals surface area contributed by atoms with Gasteiger partial charge >= 0.3 is 0 Å². The Balaban J connectivity index is 2.13. The first-order valence-electron chi connectivity index (χ1n) is 6.56.